The van der Waals surface area contributed by atoms with E-state index in [1.807, 2.05) is 67.7 Å². The van der Waals surface area contributed by atoms with E-state index >= 15 is 0 Å². The van der Waals surface area contributed by atoms with Crippen LogP contribution >= 0.6 is 0 Å². The zero-order valence-corrected chi connectivity index (χ0v) is 13.6. The highest BCUT2D eigenvalue weighted by Crippen LogP contribution is 2.45. The predicted octanol–water partition coefficient (Wildman–Crippen LogP) is 4.64. The van der Waals surface area contributed by atoms with E-state index in [0.717, 1.165) is 27.8 Å². The molecule has 0 radical (unpaired) electrons. The van der Waals surface area contributed by atoms with E-state index < -0.39 is 0 Å². The van der Waals surface area contributed by atoms with Crippen molar-refractivity contribution in [2.45, 2.75) is 0 Å². The van der Waals surface area contributed by atoms with Crippen molar-refractivity contribution in [3.63, 3.8) is 0 Å². The molecule has 4 heteroatoms. The Kier molecular flexibility index (Phi) is 4.29. The molecular formula is C20H18N2O2. The number of hydrogen-bond donors (Lipinski definition) is 0. The van der Waals surface area contributed by atoms with Gasteiger partial charge in [0.1, 0.15) is 0 Å². The van der Waals surface area contributed by atoms with Crippen LogP contribution in [0.4, 0.5) is 5.69 Å². The molecule has 0 aromatic heterocycles. The zero-order chi connectivity index (χ0) is 17.1. The fourth-order valence-corrected chi connectivity index (χ4v) is 2.82. The molecule has 1 aliphatic rings. The molecule has 0 atom stereocenters. The van der Waals surface area contributed by atoms with Crippen LogP contribution < -0.4 is 0 Å². The van der Waals surface area contributed by atoms with Crippen molar-refractivity contribution in [3.8, 4) is 11.1 Å². The van der Waals surface area contributed by atoms with Crippen LogP contribution in [-0.4, -0.2) is 23.9 Å². The Morgan fingerprint density at radius 1 is 0.917 bits per heavy atom. The first-order chi connectivity index (χ1) is 11.6. The molecule has 0 fully saturated rings. The van der Waals surface area contributed by atoms with E-state index in [-0.39, 0.29) is 10.6 Å². The number of benzene rings is 2. The Morgan fingerprint density at radius 3 is 2.33 bits per heavy atom. The van der Waals surface area contributed by atoms with E-state index in [1.165, 1.54) is 0 Å². The van der Waals surface area contributed by atoms with Gasteiger partial charge in [0, 0.05) is 26.2 Å². The number of hydrogen-bond acceptors (Lipinski definition) is 3. The molecule has 3 rings (SSSR count). The maximum atomic E-state index is 11.1. The van der Waals surface area contributed by atoms with Gasteiger partial charge in [-0.1, -0.05) is 42.5 Å². The van der Waals surface area contributed by atoms with Crippen molar-refractivity contribution < 1.29 is 4.92 Å². The quantitative estimate of drug-likeness (QED) is 0.400. The lowest BCUT2D eigenvalue weighted by molar-refractivity contribution is -0.384. The van der Waals surface area contributed by atoms with E-state index in [1.54, 1.807) is 12.1 Å². The standard InChI is InChI=1S/C20H18N2O2/c1-21(2)13-7-3-4-8-18-16-9-5-6-10-17(16)19-12-11-15(22(23)24)14-20(18)19/h3-14H,1-2H3. The molecule has 0 spiro atoms. The molecule has 0 amide bonds. The van der Waals surface area contributed by atoms with Gasteiger partial charge < -0.3 is 4.90 Å². The Bertz CT molecular complexity index is 877. The molecule has 0 N–H and O–H groups in total. The largest absolute Gasteiger partial charge is 0.383 e. The van der Waals surface area contributed by atoms with E-state index in [2.05, 4.69) is 12.1 Å². The van der Waals surface area contributed by atoms with E-state index in [9.17, 15) is 10.1 Å². The molecule has 0 bridgehead atoms. The molecule has 2 aromatic rings. The van der Waals surface area contributed by atoms with Crippen LogP contribution in [0.25, 0.3) is 16.7 Å². The minimum atomic E-state index is -0.351. The van der Waals surface area contributed by atoms with Gasteiger partial charge in [-0.3, -0.25) is 10.1 Å². The van der Waals surface area contributed by atoms with Crippen molar-refractivity contribution >= 4 is 11.3 Å². The van der Waals surface area contributed by atoms with E-state index in [0.29, 0.717) is 0 Å². The van der Waals surface area contributed by atoms with E-state index in [4.69, 9.17) is 0 Å². The first-order valence-corrected chi connectivity index (χ1v) is 7.68. The number of rotatable bonds is 4. The second kappa shape index (κ2) is 6.54. The lowest BCUT2D eigenvalue weighted by atomic mass is 10.0. The van der Waals surface area contributed by atoms with Crippen molar-refractivity contribution in [2.24, 2.45) is 0 Å². The summed E-state index contributed by atoms with van der Waals surface area (Å²) in [6.07, 6.45) is 9.82. The maximum absolute atomic E-state index is 11.1. The number of allylic oxidation sites excluding steroid dienone is 4. The normalized spacial score (nSPS) is 14.3. The third kappa shape index (κ3) is 2.99. The Balaban J connectivity index is 2.06. The van der Waals surface area contributed by atoms with Gasteiger partial charge in [0.15, 0.2) is 0 Å². The molecule has 0 unspecified atom stereocenters. The minimum Gasteiger partial charge on any atom is -0.383 e. The van der Waals surface area contributed by atoms with Gasteiger partial charge in [-0.25, -0.2) is 0 Å². The van der Waals surface area contributed by atoms with Crippen LogP contribution in [0.2, 0.25) is 0 Å². The Labute approximate surface area is 141 Å². The number of nitro benzene ring substituents is 1. The lowest BCUT2D eigenvalue weighted by Crippen LogP contribution is -1.99. The molecule has 0 aliphatic heterocycles. The Morgan fingerprint density at radius 2 is 1.62 bits per heavy atom. The fourth-order valence-electron chi connectivity index (χ4n) is 2.82. The lowest BCUT2D eigenvalue weighted by Gasteiger charge is -2.02. The van der Waals surface area contributed by atoms with Crippen LogP contribution in [0, 0.1) is 10.1 Å². The number of nitro groups is 1. The summed E-state index contributed by atoms with van der Waals surface area (Å²) in [4.78, 5) is 12.7. The topological polar surface area (TPSA) is 46.4 Å². The second-order valence-corrected chi connectivity index (χ2v) is 5.80. The summed E-state index contributed by atoms with van der Waals surface area (Å²) in [6, 6.07) is 13.1. The third-order valence-corrected chi connectivity index (χ3v) is 3.88. The SMILES string of the molecule is CN(C)C=CC=CC=C1c2ccccc2-c2ccc([N+](=O)[O-])cc21. The number of non-ortho nitro benzene ring substituents is 1. The van der Waals surface area contributed by atoms with Gasteiger partial charge in [0.25, 0.3) is 5.69 Å². The molecule has 1 aliphatic carbocycles. The van der Waals surface area contributed by atoms with Gasteiger partial charge in [-0.2, -0.15) is 0 Å². The summed E-state index contributed by atoms with van der Waals surface area (Å²) >= 11 is 0. The number of nitrogens with zero attached hydrogens (tertiary/aromatic N) is 2. The average molecular weight is 318 g/mol. The van der Waals surface area contributed by atoms with Crippen LogP contribution in [0.15, 0.2) is 73.0 Å². The van der Waals surface area contributed by atoms with Crippen LogP contribution in [-0.2, 0) is 0 Å². The summed E-state index contributed by atoms with van der Waals surface area (Å²) in [7, 11) is 3.93. The minimum absolute atomic E-state index is 0.115. The van der Waals surface area contributed by atoms with Gasteiger partial charge in [0.05, 0.1) is 4.92 Å². The van der Waals surface area contributed by atoms with Gasteiger partial charge in [0.2, 0.25) is 0 Å². The van der Waals surface area contributed by atoms with Crippen molar-refractivity contribution in [1.82, 2.24) is 4.90 Å². The first-order valence-electron chi connectivity index (χ1n) is 7.68. The van der Waals surface area contributed by atoms with Crippen LogP contribution in [0.5, 0.6) is 0 Å². The summed E-state index contributed by atoms with van der Waals surface area (Å²) in [5, 5.41) is 11.1. The number of fused-ring (bicyclic) bond motifs is 3. The molecule has 2 aromatic carbocycles. The molecule has 120 valence electrons. The van der Waals surface area contributed by atoms with Crippen molar-refractivity contribution in [3.05, 3.63) is 94.2 Å². The fraction of sp³-hybridized carbons (Fsp3) is 0.100. The van der Waals surface area contributed by atoms with Gasteiger partial charge in [-0.05, 0) is 46.2 Å². The molecular weight excluding hydrogens is 300 g/mol. The molecule has 24 heavy (non-hydrogen) atoms. The maximum Gasteiger partial charge on any atom is 0.270 e. The molecule has 0 saturated heterocycles. The second-order valence-electron chi connectivity index (χ2n) is 5.80. The van der Waals surface area contributed by atoms with Crippen molar-refractivity contribution in [2.75, 3.05) is 14.1 Å². The van der Waals surface area contributed by atoms with Crippen LogP contribution in [0.1, 0.15) is 11.1 Å². The zero-order valence-electron chi connectivity index (χ0n) is 13.6. The van der Waals surface area contributed by atoms with Gasteiger partial charge in [-0.15, -0.1) is 0 Å². The highest BCUT2D eigenvalue weighted by atomic mass is 16.6. The summed E-state index contributed by atoms with van der Waals surface area (Å²) < 4.78 is 0. The highest BCUT2D eigenvalue weighted by Gasteiger charge is 2.24. The molecule has 4 nitrogen and oxygen atoms in total. The summed E-state index contributed by atoms with van der Waals surface area (Å²) in [5.41, 5.74) is 5.30. The summed E-state index contributed by atoms with van der Waals surface area (Å²) in [5.74, 6) is 0. The molecule has 0 saturated carbocycles. The highest BCUT2D eigenvalue weighted by molar-refractivity contribution is 6.02. The Hall–Kier alpha value is -3.14. The van der Waals surface area contributed by atoms with Crippen molar-refractivity contribution in [1.29, 1.82) is 0 Å². The van der Waals surface area contributed by atoms with Gasteiger partial charge >= 0.3 is 0 Å². The summed E-state index contributed by atoms with van der Waals surface area (Å²) in [6.45, 7) is 0. The monoisotopic (exact) mass is 318 g/mol. The van der Waals surface area contributed by atoms with Crippen LogP contribution in [0.3, 0.4) is 0 Å². The average Bonchev–Trinajstić information content (AvgIpc) is 2.88. The third-order valence-electron chi connectivity index (χ3n) is 3.88. The molecule has 0 heterocycles. The predicted molar refractivity (Wildman–Crippen MR) is 97.6 cm³/mol. The smallest absolute Gasteiger partial charge is 0.270 e. The first kappa shape index (κ1) is 15.7.